The summed E-state index contributed by atoms with van der Waals surface area (Å²) in [5, 5.41) is 12.0. The molecule has 0 spiro atoms. The highest BCUT2D eigenvalue weighted by Crippen LogP contribution is 2.24. The zero-order valence-corrected chi connectivity index (χ0v) is 10.5. The molecule has 17 heavy (non-hydrogen) atoms. The second-order valence-electron chi connectivity index (χ2n) is 5.05. The molecule has 94 valence electrons. The van der Waals surface area contributed by atoms with Crippen molar-refractivity contribution < 1.29 is 9.90 Å². The molecule has 0 aliphatic heterocycles. The van der Waals surface area contributed by atoms with Gasteiger partial charge in [0.2, 0.25) is 0 Å². The van der Waals surface area contributed by atoms with Gasteiger partial charge in [0.1, 0.15) is 5.69 Å². The van der Waals surface area contributed by atoms with Crippen LogP contribution in [0.3, 0.4) is 0 Å². The second kappa shape index (κ2) is 5.72. The number of carbonyl (C=O) groups is 1. The van der Waals surface area contributed by atoms with Crippen molar-refractivity contribution in [1.29, 1.82) is 0 Å². The molecule has 2 N–H and O–H groups in total. The summed E-state index contributed by atoms with van der Waals surface area (Å²) in [5.41, 5.74) is 0.239. The first-order valence-corrected chi connectivity index (χ1v) is 5.60. The van der Waals surface area contributed by atoms with Crippen LogP contribution in [0.5, 0.6) is 0 Å². The molecular weight excluding hydrogens is 218 g/mol. The average Bonchev–Trinajstić information content (AvgIpc) is 2.29. The van der Waals surface area contributed by atoms with Crippen LogP contribution in [0.15, 0.2) is 18.6 Å². The maximum Gasteiger partial charge on any atom is 0.271 e. The number of nitrogens with one attached hydrogen (secondary N) is 1. The zero-order chi connectivity index (χ0) is 12.9. The van der Waals surface area contributed by atoms with Gasteiger partial charge < -0.3 is 10.4 Å². The summed E-state index contributed by atoms with van der Waals surface area (Å²) < 4.78 is 0. The van der Waals surface area contributed by atoms with Crippen LogP contribution >= 0.6 is 0 Å². The van der Waals surface area contributed by atoms with Gasteiger partial charge in [0.15, 0.2) is 0 Å². The first kappa shape index (κ1) is 13.6. The lowest BCUT2D eigenvalue weighted by atomic mass is 9.81. The van der Waals surface area contributed by atoms with E-state index in [1.54, 1.807) is 0 Å². The molecular formula is C12H19N3O2. The largest absolute Gasteiger partial charge is 0.396 e. The Kier molecular flexibility index (Phi) is 4.57. The van der Waals surface area contributed by atoms with E-state index in [4.69, 9.17) is 0 Å². The van der Waals surface area contributed by atoms with Gasteiger partial charge in [-0.25, -0.2) is 4.98 Å². The molecule has 1 aromatic heterocycles. The van der Waals surface area contributed by atoms with Crippen LogP contribution in [-0.2, 0) is 0 Å². The van der Waals surface area contributed by atoms with E-state index in [2.05, 4.69) is 15.3 Å². The standard InChI is InChI=1S/C12H19N3O2/c1-12(2,3)9(8-16)6-15-11(17)10-7-13-4-5-14-10/h4-5,7,9,16H,6,8H2,1-3H3,(H,15,17)/t9-/m0/s1. The van der Waals surface area contributed by atoms with E-state index >= 15 is 0 Å². The molecule has 0 unspecified atom stereocenters. The van der Waals surface area contributed by atoms with E-state index in [0.29, 0.717) is 6.54 Å². The monoisotopic (exact) mass is 237 g/mol. The number of aliphatic hydroxyl groups is 1. The SMILES string of the molecule is CC(C)(C)[C@H](CO)CNC(=O)c1cnccn1. The topological polar surface area (TPSA) is 75.1 Å². The molecule has 1 rings (SSSR count). The first-order valence-electron chi connectivity index (χ1n) is 5.60. The number of amides is 1. The van der Waals surface area contributed by atoms with Crippen molar-refractivity contribution >= 4 is 5.91 Å². The highest BCUT2D eigenvalue weighted by molar-refractivity contribution is 5.91. The van der Waals surface area contributed by atoms with Gasteiger partial charge in [0.25, 0.3) is 5.91 Å². The molecule has 5 nitrogen and oxygen atoms in total. The maximum absolute atomic E-state index is 11.7. The van der Waals surface area contributed by atoms with Crippen LogP contribution in [0.1, 0.15) is 31.3 Å². The lowest BCUT2D eigenvalue weighted by Gasteiger charge is -2.29. The fourth-order valence-corrected chi connectivity index (χ4v) is 1.37. The highest BCUT2D eigenvalue weighted by Gasteiger charge is 2.24. The Morgan fingerprint density at radius 2 is 2.18 bits per heavy atom. The van der Waals surface area contributed by atoms with Crippen molar-refractivity contribution in [3.05, 3.63) is 24.3 Å². The summed E-state index contributed by atoms with van der Waals surface area (Å²) >= 11 is 0. The van der Waals surface area contributed by atoms with Crippen molar-refractivity contribution in [3.63, 3.8) is 0 Å². The predicted molar refractivity (Wildman–Crippen MR) is 64.4 cm³/mol. The maximum atomic E-state index is 11.7. The van der Waals surface area contributed by atoms with Gasteiger partial charge >= 0.3 is 0 Å². The minimum Gasteiger partial charge on any atom is -0.396 e. The Morgan fingerprint density at radius 3 is 2.65 bits per heavy atom. The molecule has 0 saturated carbocycles. The van der Waals surface area contributed by atoms with Crippen molar-refractivity contribution in [2.24, 2.45) is 11.3 Å². The fraction of sp³-hybridized carbons (Fsp3) is 0.583. The van der Waals surface area contributed by atoms with E-state index in [1.165, 1.54) is 18.6 Å². The third-order valence-corrected chi connectivity index (χ3v) is 2.75. The number of aromatic nitrogens is 2. The molecule has 0 aliphatic carbocycles. The molecule has 0 saturated heterocycles. The van der Waals surface area contributed by atoms with Crippen molar-refractivity contribution in [2.45, 2.75) is 20.8 Å². The van der Waals surface area contributed by atoms with Gasteiger partial charge in [-0.2, -0.15) is 0 Å². The van der Waals surface area contributed by atoms with Gasteiger partial charge in [-0.1, -0.05) is 20.8 Å². The third-order valence-electron chi connectivity index (χ3n) is 2.75. The fourth-order valence-electron chi connectivity index (χ4n) is 1.37. The van der Waals surface area contributed by atoms with Crippen LogP contribution in [0, 0.1) is 11.3 Å². The summed E-state index contributed by atoms with van der Waals surface area (Å²) in [4.78, 5) is 19.4. The number of hydrogen-bond acceptors (Lipinski definition) is 4. The van der Waals surface area contributed by atoms with Crippen LogP contribution in [0.4, 0.5) is 0 Å². The second-order valence-corrected chi connectivity index (χ2v) is 5.05. The van der Waals surface area contributed by atoms with E-state index in [9.17, 15) is 9.90 Å². The highest BCUT2D eigenvalue weighted by atomic mass is 16.3. The summed E-state index contributed by atoms with van der Waals surface area (Å²) in [6.07, 6.45) is 4.41. The number of nitrogens with zero attached hydrogens (tertiary/aromatic N) is 2. The van der Waals surface area contributed by atoms with Crippen LogP contribution < -0.4 is 5.32 Å². The molecule has 0 radical (unpaired) electrons. The third kappa shape index (κ3) is 4.11. The van der Waals surface area contributed by atoms with Crippen LogP contribution in [-0.4, -0.2) is 34.1 Å². The summed E-state index contributed by atoms with van der Waals surface area (Å²) in [5.74, 6) is -0.246. The number of carbonyl (C=O) groups excluding carboxylic acids is 1. The average molecular weight is 237 g/mol. The van der Waals surface area contributed by atoms with Gasteiger partial charge in [-0.3, -0.25) is 9.78 Å². The van der Waals surface area contributed by atoms with Gasteiger partial charge in [0.05, 0.1) is 6.20 Å². The molecule has 1 heterocycles. The van der Waals surface area contributed by atoms with Gasteiger partial charge in [0, 0.05) is 31.5 Å². The van der Waals surface area contributed by atoms with E-state index in [0.717, 1.165) is 0 Å². The molecule has 5 heteroatoms. The zero-order valence-electron chi connectivity index (χ0n) is 10.5. The summed E-state index contributed by atoms with van der Waals surface area (Å²) in [7, 11) is 0. The van der Waals surface area contributed by atoms with E-state index in [-0.39, 0.29) is 29.5 Å². The molecule has 0 aliphatic rings. The summed E-state index contributed by atoms with van der Waals surface area (Å²) in [6, 6.07) is 0. The lowest BCUT2D eigenvalue weighted by Crippen LogP contribution is -2.37. The number of aliphatic hydroxyl groups excluding tert-OH is 1. The summed E-state index contributed by atoms with van der Waals surface area (Å²) in [6.45, 7) is 6.56. The van der Waals surface area contributed by atoms with Crippen LogP contribution in [0.2, 0.25) is 0 Å². The Labute approximate surface area is 101 Å². The molecule has 1 aromatic rings. The quantitative estimate of drug-likeness (QED) is 0.814. The predicted octanol–water partition coefficient (Wildman–Crippen LogP) is 0.861. The lowest BCUT2D eigenvalue weighted by molar-refractivity contribution is 0.0891. The number of rotatable bonds is 4. The van der Waals surface area contributed by atoms with Crippen LogP contribution in [0.25, 0.3) is 0 Å². The Bertz CT molecular complexity index is 360. The van der Waals surface area contributed by atoms with Gasteiger partial charge in [-0.15, -0.1) is 0 Å². The van der Waals surface area contributed by atoms with E-state index in [1.807, 2.05) is 20.8 Å². The molecule has 1 amide bonds. The van der Waals surface area contributed by atoms with Gasteiger partial charge in [-0.05, 0) is 5.41 Å². The minimum atomic E-state index is -0.263. The Hall–Kier alpha value is -1.49. The van der Waals surface area contributed by atoms with E-state index < -0.39 is 0 Å². The van der Waals surface area contributed by atoms with Crippen molar-refractivity contribution in [1.82, 2.24) is 15.3 Å². The Morgan fingerprint density at radius 1 is 1.47 bits per heavy atom. The van der Waals surface area contributed by atoms with Crippen molar-refractivity contribution in [3.8, 4) is 0 Å². The molecule has 0 bridgehead atoms. The first-order chi connectivity index (χ1) is 7.95. The molecule has 1 atom stereocenters. The minimum absolute atomic E-state index is 0.0168. The molecule has 0 aromatic carbocycles. The smallest absolute Gasteiger partial charge is 0.271 e. The molecule has 0 fully saturated rings. The van der Waals surface area contributed by atoms with Crippen molar-refractivity contribution in [2.75, 3.05) is 13.2 Å². The normalized spacial score (nSPS) is 13.2. The number of hydrogen-bond donors (Lipinski definition) is 2. The Balaban J connectivity index is 2.54.